The van der Waals surface area contributed by atoms with E-state index < -0.39 is 0 Å². The molecule has 0 fully saturated rings. The standard InChI is InChI=1S/C16H26N2O2S/c1-12(2)8-10-21-9-4-5-16(19)18-14-11-13(17)6-7-15(14)20-3/h6-7,11-12H,4-5,8-10,17H2,1-3H3,(H,18,19). The molecule has 0 aromatic heterocycles. The molecule has 1 aromatic rings. The first-order valence-corrected chi connectivity index (χ1v) is 8.49. The Balaban J connectivity index is 2.29. The Bertz CT molecular complexity index is 450. The molecule has 0 aliphatic rings. The summed E-state index contributed by atoms with van der Waals surface area (Å²) >= 11 is 1.92. The van der Waals surface area contributed by atoms with Crippen molar-refractivity contribution < 1.29 is 9.53 Å². The maximum Gasteiger partial charge on any atom is 0.224 e. The van der Waals surface area contributed by atoms with Crippen LogP contribution in [0.4, 0.5) is 11.4 Å². The summed E-state index contributed by atoms with van der Waals surface area (Å²) in [5.74, 6) is 3.57. The first kappa shape index (κ1) is 17.7. The summed E-state index contributed by atoms with van der Waals surface area (Å²) in [5.41, 5.74) is 6.97. The van der Waals surface area contributed by atoms with Crippen LogP contribution in [0.3, 0.4) is 0 Å². The van der Waals surface area contributed by atoms with Crippen LogP contribution in [0.25, 0.3) is 0 Å². The molecule has 5 heteroatoms. The van der Waals surface area contributed by atoms with Gasteiger partial charge in [0.05, 0.1) is 12.8 Å². The minimum atomic E-state index is 0.00311. The maximum atomic E-state index is 11.9. The van der Waals surface area contributed by atoms with E-state index in [1.165, 1.54) is 12.2 Å². The van der Waals surface area contributed by atoms with Gasteiger partial charge in [-0.1, -0.05) is 13.8 Å². The predicted octanol–water partition coefficient (Wildman–Crippen LogP) is 3.78. The van der Waals surface area contributed by atoms with Gasteiger partial charge >= 0.3 is 0 Å². The smallest absolute Gasteiger partial charge is 0.224 e. The number of amides is 1. The second kappa shape index (κ2) is 9.55. The van der Waals surface area contributed by atoms with E-state index in [4.69, 9.17) is 10.5 Å². The molecule has 0 unspecified atom stereocenters. The van der Waals surface area contributed by atoms with Crippen LogP contribution in [0.5, 0.6) is 5.75 Å². The molecule has 0 heterocycles. The number of anilines is 2. The van der Waals surface area contributed by atoms with Gasteiger partial charge in [0.2, 0.25) is 5.91 Å². The van der Waals surface area contributed by atoms with Crippen molar-refractivity contribution in [2.24, 2.45) is 5.92 Å². The average molecular weight is 310 g/mol. The molecule has 0 atom stereocenters. The number of benzene rings is 1. The zero-order valence-corrected chi connectivity index (χ0v) is 14.0. The van der Waals surface area contributed by atoms with Gasteiger partial charge in [0.1, 0.15) is 5.75 Å². The molecule has 0 saturated heterocycles. The average Bonchev–Trinajstić information content (AvgIpc) is 2.42. The molecule has 1 rings (SSSR count). The fraction of sp³-hybridized carbons (Fsp3) is 0.562. The third-order valence-electron chi connectivity index (χ3n) is 3.03. The molecule has 0 aliphatic heterocycles. The Labute approximate surface area is 131 Å². The largest absolute Gasteiger partial charge is 0.495 e. The van der Waals surface area contributed by atoms with Crippen LogP contribution in [-0.4, -0.2) is 24.5 Å². The Kier molecular flexibility index (Phi) is 8.05. The number of carbonyl (C=O) groups is 1. The highest BCUT2D eigenvalue weighted by atomic mass is 32.2. The quantitative estimate of drug-likeness (QED) is 0.538. The number of nitrogens with one attached hydrogen (secondary N) is 1. The molecule has 0 bridgehead atoms. The molecular weight excluding hydrogens is 284 g/mol. The zero-order valence-electron chi connectivity index (χ0n) is 13.1. The van der Waals surface area contributed by atoms with Crippen molar-refractivity contribution >= 4 is 29.0 Å². The van der Waals surface area contributed by atoms with Crippen molar-refractivity contribution in [3.05, 3.63) is 18.2 Å². The molecule has 0 aliphatic carbocycles. The Hall–Kier alpha value is -1.36. The third kappa shape index (κ3) is 7.27. The Morgan fingerprint density at radius 1 is 1.38 bits per heavy atom. The number of rotatable bonds is 9. The Morgan fingerprint density at radius 3 is 2.81 bits per heavy atom. The zero-order chi connectivity index (χ0) is 15.7. The van der Waals surface area contributed by atoms with Gasteiger partial charge in [-0.2, -0.15) is 11.8 Å². The molecule has 0 spiro atoms. The summed E-state index contributed by atoms with van der Waals surface area (Å²) in [4.78, 5) is 11.9. The van der Waals surface area contributed by atoms with Crippen LogP contribution in [0.15, 0.2) is 18.2 Å². The number of hydrogen-bond donors (Lipinski definition) is 2. The van der Waals surface area contributed by atoms with Crippen LogP contribution in [0.1, 0.15) is 33.1 Å². The lowest BCUT2D eigenvalue weighted by Crippen LogP contribution is -2.12. The summed E-state index contributed by atoms with van der Waals surface area (Å²) in [5, 5.41) is 2.86. The highest BCUT2D eigenvalue weighted by molar-refractivity contribution is 7.99. The van der Waals surface area contributed by atoms with Crippen LogP contribution < -0.4 is 15.8 Å². The van der Waals surface area contributed by atoms with Gasteiger partial charge in [-0.15, -0.1) is 0 Å². The van der Waals surface area contributed by atoms with E-state index in [-0.39, 0.29) is 5.91 Å². The maximum absolute atomic E-state index is 11.9. The van der Waals surface area contributed by atoms with Crippen molar-refractivity contribution in [3.8, 4) is 5.75 Å². The van der Waals surface area contributed by atoms with Gasteiger partial charge in [0, 0.05) is 12.1 Å². The molecule has 3 N–H and O–H groups in total. The number of nitrogens with two attached hydrogens (primary N) is 1. The Morgan fingerprint density at radius 2 is 2.14 bits per heavy atom. The van der Waals surface area contributed by atoms with Gasteiger partial charge < -0.3 is 15.8 Å². The van der Waals surface area contributed by atoms with Gasteiger partial charge in [-0.05, 0) is 48.5 Å². The first-order chi connectivity index (χ1) is 10.0. The van der Waals surface area contributed by atoms with Crippen LogP contribution in [-0.2, 0) is 4.79 Å². The molecule has 0 saturated carbocycles. The van der Waals surface area contributed by atoms with E-state index in [0.29, 0.717) is 23.5 Å². The lowest BCUT2D eigenvalue weighted by atomic mass is 10.2. The number of thioether (sulfide) groups is 1. The van der Waals surface area contributed by atoms with E-state index in [1.807, 2.05) is 11.8 Å². The number of ether oxygens (including phenoxy) is 1. The minimum absolute atomic E-state index is 0.00311. The van der Waals surface area contributed by atoms with Gasteiger partial charge in [-0.3, -0.25) is 4.79 Å². The number of methoxy groups -OCH3 is 1. The SMILES string of the molecule is COc1ccc(N)cc1NC(=O)CCCSCCC(C)C. The van der Waals surface area contributed by atoms with Crippen molar-refractivity contribution in [3.63, 3.8) is 0 Å². The molecule has 1 amide bonds. The number of nitrogen functional groups attached to an aromatic ring is 1. The molecule has 21 heavy (non-hydrogen) atoms. The molecule has 0 radical (unpaired) electrons. The highest BCUT2D eigenvalue weighted by Crippen LogP contribution is 2.26. The summed E-state index contributed by atoms with van der Waals surface area (Å²) in [6, 6.07) is 5.22. The monoisotopic (exact) mass is 310 g/mol. The van der Waals surface area contributed by atoms with E-state index in [0.717, 1.165) is 18.1 Å². The van der Waals surface area contributed by atoms with Crippen LogP contribution >= 0.6 is 11.8 Å². The fourth-order valence-electron chi connectivity index (χ4n) is 1.79. The topological polar surface area (TPSA) is 64.3 Å². The van der Waals surface area contributed by atoms with Crippen molar-refractivity contribution in [2.75, 3.05) is 29.7 Å². The second-order valence-electron chi connectivity index (χ2n) is 5.41. The summed E-state index contributed by atoms with van der Waals surface area (Å²) < 4.78 is 5.21. The lowest BCUT2D eigenvalue weighted by Gasteiger charge is -2.11. The number of carbonyl (C=O) groups excluding carboxylic acids is 1. The van der Waals surface area contributed by atoms with Crippen molar-refractivity contribution in [2.45, 2.75) is 33.1 Å². The summed E-state index contributed by atoms with van der Waals surface area (Å²) in [6.45, 7) is 4.46. The molecule has 4 nitrogen and oxygen atoms in total. The van der Waals surface area contributed by atoms with E-state index >= 15 is 0 Å². The van der Waals surface area contributed by atoms with Gasteiger partial charge in [-0.25, -0.2) is 0 Å². The van der Waals surface area contributed by atoms with E-state index in [2.05, 4.69) is 19.2 Å². The van der Waals surface area contributed by atoms with Crippen molar-refractivity contribution in [1.29, 1.82) is 0 Å². The third-order valence-corrected chi connectivity index (χ3v) is 4.13. The number of hydrogen-bond acceptors (Lipinski definition) is 4. The van der Waals surface area contributed by atoms with Crippen molar-refractivity contribution in [1.82, 2.24) is 0 Å². The first-order valence-electron chi connectivity index (χ1n) is 7.34. The van der Waals surface area contributed by atoms with Crippen LogP contribution in [0, 0.1) is 5.92 Å². The van der Waals surface area contributed by atoms with Gasteiger partial charge in [0.25, 0.3) is 0 Å². The minimum Gasteiger partial charge on any atom is -0.495 e. The van der Waals surface area contributed by atoms with E-state index in [1.54, 1.807) is 25.3 Å². The molecule has 118 valence electrons. The van der Waals surface area contributed by atoms with E-state index in [9.17, 15) is 4.79 Å². The molecular formula is C16H26N2O2S. The molecule has 1 aromatic carbocycles. The summed E-state index contributed by atoms with van der Waals surface area (Å²) in [6.07, 6.45) is 2.64. The highest BCUT2D eigenvalue weighted by Gasteiger charge is 2.08. The predicted molar refractivity (Wildman–Crippen MR) is 92.1 cm³/mol. The fourth-order valence-corrected chi connectivity index (χ4v) is 2.98. The van der Waals surface area contributed by atoms with Crippen LogP contribution in [0.2, 0.25) is 0 Å². The second-order valence-corrected chi connectivity index (χ2v) is 6.63. The lowest BCUT2D eigenvalue weighted by molar-refractivity contribution is -0.116. The van der Waals surface area contributed by atoms with Gasteiger partial charge in [0.15, 0.2) is 0 Å². The normalized spacial score (nSPS) is 10.7. The summed E-state index contributed by atoms with van der Waals surface area (Å²) in [7, 11) is 1.58.